The molecule has 1 aromatic heterocycles. The first-order valence-electron chi connectivity index (χ1n) is 8.04. The monoisotopic (exact) mass is 332 g/mol. The summed E-state index contributed by atoms with van der Waals surface area (Å²) in [5.41, 5.74) is 0.730. The van der Waals surface area contributed by atoms with Gasteiger partial charge < -0.3 is 14.6 Å². The van der Waals surface area contributed by atoms with Gasteiger partial charge in [0, 0.05) is 12.1 Å². The SMILES string of the molecule is CCCCc1noc(CN(C)CC(=O)Nc2ccc(OC)cc2)n1. The zero-order valence-corrected chi connectivity index (χ0v) is 14.4. The molecule has 24 heavy (non-hydrogen) atoms. The van der Waals surface area contributed by atoms with Crippen LogP contribution in [-0.2, 0) is 17.8 Å². The number of aromatic nitrogens is 2. The Morgan fingerprint density at radius 2 is 2.08 bits per heavy atom. The van der Waals surface area contributed by atoms with Crippen LogP contribution in [0.1, 0.15) is 31.5 Å². The lowest BCUT2D eigenvalue weighted by atomic mass is 10.2. The van der Waals surface area contributed by atoms with Gasteiger partial charge in [-0.2, -0.15) is 4.98 Å². The van der Waals surface area contributed by atoms with E-state index in [1.165, 1.54) is 0 Å². The van der Waals surface area contributed by atoms with Gasteiger partial charge in [0.2, 0.25) is 11.8 Å². The Morgan fingerprint density at radius 3 is 2.75 bits per heavy atom. The summed E-state index contributed by atoms with van der Waals surface area (Å²) in [6, 6.07) is 7.20. The molecule has 1 heterocycles. The minimum absolute atomic E-state index is 0.103. The van der Waals surface area contributed by atoms with Crippen LogP contribution in [-0.4, -0.2) is 41.6 Å². The number of amides is 1. The summed E-state index contributed by atoms with van der Waals surface area (Å²) in [6.07, 6.45) is 2.95. The molecule has 0 bridgehead atoms. The third-order valence-corrected chi connectivity index (χ3v) is 3.46. The molecule has 7 nitrogen and oxygen atoms in total. The van der Waals surface area contributed by atoms with Crippen molar-refractivity contribution in [2.45, 2.75) is 32.7 Å². The highest BCUT2D eigenvalue weighted by atomic mass is 16.5. The van der Waals surface area contributed by atoms with E-state index in [-0.39, 0.29) is 12.5 Å². The van der Waals surface area contributed by atoms with Crippen molar-refractivity contribution >= 4 is 11.6 Å². The second-order valence-corrected chi connectivity index (χ2v) is 5.66. The molecule has 2 aromatic rings. The fraction of sp³-hybridized carbons (Fsp3) is 0.471. The van der Waals surface area contributed by atoms with Gasteiger partial charge in [-0.3, -0.25) is 9.69 Å². The first-order valence-corrected chi connectivity index (χ1v) is 8.04. The molecule has 1 amide bonds. The van der Waals surface area contributed by atoms with E-state index in [0.717, 1.165) is 36.5 Å². The Kier molecular flexibility index (Phi) is 6.74. The minimum Gasteiger partial charge on any atom is -0.497 e. The van der Waals surface area contributed by atoms with Crippen molar-refractivity contribution in [2.75, 3.05) is 26.0 Å². The maximum Gasteiger partial charge on any atom is 0.240 e. The molecule has 7 heteroatoms. The fourth-order valence-electron chi connectivity index (χ4n) is 2.20. The normalized spacial score (nSPS) is 10.8. The van der Waals surface area contributed by atoms with Crippen molar-refractivity contribution in [1.29, 1.82) is 0 Å². The van der Waals surface area contributed by atoms with Crippen LogP contribution in [0.15, 0.2) is 28.8 Å². The van der Waals surface area contributed by atoms with E-state index in [1.807, 2.05) is 11.9 Å². The molecule has 0 saturated carbocycles. The Morgan fingerprint density at radius 1 is 1.33 bits per heavy atom. The van der Waals surface area contributed by atoms with Gasteiger partial charge in [0.25, 0.3) is 0 Å². The highest BCUT2D eigenvalue weighted by Crippen LogP contribution is 2.15. The molecule has 0 fully saturated rings. The number of benzene rings is 1. The molecule has 2 rings (SSSR count). The van der Waals surface area contributed by atoms with E-state index < -0.39 is 0 Å². The fourth-order valence-corrected chi connectivity index (χ4v) is 2.20. The minimum atomic E-state index is -0.103. The number of methoxy groups -OCH3 is 1. The maximum atomic E-state index is 12.1. The standard InChI is InChI=1S/C17H24N4O3/c1-4-5-6-15-19-17(24-20-15)12-21(2)11-16(22)18-13-7-9-14(23-3)10-8-13/h7-10H,4-6,11-12H2,1-3H3,(H,18,22). The predicted octanol–water partition coefficient (Wildman–Crippen LogP) is 2.49. The first-order chi connectivity index (χ1) is 11.6. The van der Waals surface area contributed by atoms with Crippen molar-refractivity contribution in [3.05, 3.63) is 36.0 Å². The summed E-state index contributed by atoms with van der Waals surface area (Å²) in [5, 5.41) is 6.79. The molecule has 0 unspecified atom stereocenters. The number of hydrogen-bond acceptors (Lipinski definition) is 6. The number of anilines is 1. The number of nitrogens with one attached hydrogen (secondary N) is 1. The van der Waals surface area contributed by atoms with E-state index in [0.29, 0.717) is 12.4 Å². The average Bonchev–Trinajstić information content (AvgIpc) is 3.00. The number of carbonyl (C=O) groups excluding carboxylic acids is 1. The van der Waals surface area contributed by atoms with E-state index in [2.05, 4.69) is 22.4 Å². The topological polar surface area (TPSA) is 80.5 Å². The molecule has 0 radical (unpaired) electrons. The van der Waals surface area contributed by atoms with Gasteiger partial charge in [0.05, 0.1) is 20.2 Å². The zero-order valence-electron chi connectivity index (χ0n) is 14.4. The largest absolute Gasteiger partial charge is 0.497 e. The molecule has 0 aliphatic carbocycles. The highest BCUT2D eigenvalue weighted by Gasteiger charge is 2.12. The predicted molar refractivity (Wildman–Crippen MR) is 90.9 cm³/mol. The van der Waals surface area contributed by atoms with Crippen molar-refractivity contribution in [3.8, 4) is 5.75 Å². The molecule has 1 aromatic carbocycles. The van der Waals surface area contributed by atoms with Crippen molar-refractivity contribution in [2.24, 2.45) is 0 Å². The van der Waals surface area contributed by atoms with Gasteiger partial charge in [-0.25, -0.2) is 0 Å². The molecular weight excluding hydrogens is 308 g/mol. The van der Waals surface area contributed by atoms with Gasteiger partial charge in [-0.1, -0.05) is 18.5 Å². The summed E-state index contributed by atoms with van der Waals surface area (Å²) in [5.74, 6) is 1.90. The van der Waals surface area contributed by atoms with Crippen LogP contribution in [0.25, 0.3) is 0 Å². The molecule has 0 spiro atoms. The van der Waals surface area contributed by atoms with E-state index in [4.69, 9.17) is 9.26 Å². The Bertz CT molecular complexity index is 640. The van der Waals surface area contributed by atoms with E-state index in [9.17, 15) is 4.79 Å². The van der Waals surface area contributed by atoms with Crippen molar-refractivity contribution in [1.82, 2.24) is 15.0 Å². The second-order valence-electron chi connectivity index (χ2n) is 5.66. The number of unbranched alkanes of at least 4 members (excludes halogenated alkanes) is 1. The number of likely N-dealkylation sites (N-methyl/N-ethyl adjacent to an activating group) is 1. The van der Waals surface area contributed by atoms with Crippen LogP contribution in [0.2, 0.25) is 0 Å². The van der Waals surface area contributed by atoms with Crippen molar-refractivity contribution in [3.63, 3.8) is 0 Å². The van der Waals surface area contributed by atoms with Crippen LogP contribution < -0.4 is 10.1 Å². The Balaban J connectivity index is 1.79. The quantitative estimate of drug-likeness (QED) is 0.760. The van der Waals surface area contributed by atoms with Crippen LogP contribution in [0, 0.1) is 0 Å². The average molecular weight is 332 g/mol. The first kappa shape index (κ1) is 17.9. The molecular formula is C17H24N4O3. The van der Waals surface area contributed by atoms with E-state index >= 15 is 0 Å². The number of rotatable bonds is 9. The van der Waals surface area contributed by atoms with Gasteiger partial charge in [0.15, 0.2) is 5.82 Å². The van der Waals surface area contributed by atoms with Gasteiger partial charge in [0.1, 0.15) is 5.75 Å². The molecule has 0 atom stereocenters. The Hall–Kier alpha value is -2.41. The van der Waals surface area contributed by atoms with Crippen LogP contribution >= 0.6 is 0 Å². The second kappa shape index (κ2) is 9.02. The third kappa shape index (κ3) is 5.66. The third-order valence-electron chi connectivity index (χ3n) is 3.46. The summed E-state index contributed by atoms with van der Waals surface area (Å²) >= 11 is 0. The summed E-state index contributed by atoms with van der Waals surface area (Å²) in [7, 11) is 3.44. The zero-order chi connectivity index (χ0) is 17.4. The van der Waals surface area contributed by atoms with Gasteiger partial charge >= 0.3 is 0 Å². The van der Waals surface area contributed by atoms with Crippen LogP contribution in [0.4, 0.5) is 5.69 Å². The smallest absolute Gasteiger partial charge is 0.240 e. The molecule has 130 valence electrons. The van der Waals surface area contributed by atoms with Gasteiger partial charge in [-0.05, 0) is 37.7 Å². The summed E-state index contributed by atoms with van der Waals surface area (Å²) < 4.78 is 10.3. The van der Waals surface area contributed by atoms with E-state index in [1.54, 1.807) is 31.4 Å². The van der Waals surface area contributed by atoms with Crippen LogP contribution in [0.3, 0.4) is 0 Å². The number of nitrogens with zero attached hydrogens (tertiary/aromatic N) is 3. The Labute approximate surface area is 142 Å². The molecule has 0 aliphatic heterocycles. The molecule has 1 N–H and O–H groups in total. The maximum absolute atomic E-state index is 12.1. The number of aryl methyl sites for hydroxylation is 1. The lowest BCUT2D eigenvalue weighted by Gasteiger charge is -2.14. The molecule has 0 aliphatic rings. The lowest BCUT2D eigenvalue weighted by molar-refractivity contribution is -0.117. The summed E-state index contributed by atoms with van der Waals surface area (Å²) in [4.78, 5) is 18.2. The van der Waals surface area contributed by atoms with Crippen molar-refractivity contribution < 1.29 is 14.1 Å². The lowest BCUT2D eigenvalue weighted by Crippen LogP contribution is -2.29. The summed E-state index contributed by atoms with van der Waals surface area (Å²) in [6.45, 7) is 2.80. The number of ether oxygens (including phenoxy) is 1. The molecule has 0 saturated heterocycles. The number of hydrogen-bond donors (Lipinski definition) is 1. The van der Waals surface area contributed by atoms with Gasteiger partial charge in [-0.15, -0.1) is 0 Å². The number of carbonyl (C=O) groups is 1. The highest BCUT2D eigenvalue weighted by molar-refractivity contribution is 5.92. The van der Waals surface area contributed by atoms with Crippen LogP contribution in [0.5, 0.6) is 5.75 Å².